The lowest BCUT2D eigenvalue weighted by atomic mass is 10.1. The highest BCUT2D eigenvalue weighted by Crippen LogP contribution is 2.36. The Balaban J connectivity index is 1.93. The summed E-state index contributed by atoms with van der Waals surface area (Å²) in [6.07, 6.45) is 0.705. The smallest absolute Gasteiger partial charge is 0.244 e. The molecule has 0 aromatic heterocycles. The zero-order chi connectivity index (χ0) is 26.5. The van der Waals surface area contributed by atoms with Gasteiger partial charge >= 0.3 is 0 Å². The predicted octanol–water partition coefficient (Wildman–Crippen LogP) is 3.04. The molecule has 36 heavy (non-hydrogen) atoms. The number of carbonyl (C=O) groups is 2. The molecule has 1 aliphatic rings. The predicted molar refractivity (Wildman–Crippen MR) is 134 cm³/mol. The minimum Gasteiger partial charge on any atom is -0.454 e. The average Bonchev–Trinajstić information content (AvgIpc) is 3.34. The second-order valence-electron chi connectivity index (χ2n) is 8.59. The topological polar surface area (TPSA) is 105 Å². The number of anilines is 1. The number of ether oxygens (including phenoxy) is 2. The molecule has 2 aromatic rings. The van der Waals surface area contributed by atoms with E-state index in [4.69, 9.17) is 9.47 Å². The summed E-state index contributed by atoms with van der Waals surface area (Å²) < 4.78 is 51.1. The Labute approximate surface area is 211 Å². The van der Waals surface area contributed by atoms with E-state index in [1.807, 2.05) is 13.8 Å². The van der Waals surface area contributed by atoms with E-state index in [0.717, 1.165) is 4.31 Å². The molecule has 1 N–H and O–H groups in total. The molecule has 2 atom stereocenters. The Morgan fingerprint density at radius 1 is 1.06 bits per heavy atom. The Morgan fingerprint density at radius 3 is 2.36 bits per heavy atom. The van der Waals surface area contributed by atoms with Gasteiger partial charge in [-0.3, -0.25) is 13.9 Å². The molecule has 0 saturated carbocycles. The van der Waals surface area contributed by atoms with Crippen LogP contribution < -0.4 is 19.1 Å². The van der Waals surface area contributed by atoms with Crippen molar-refractivity contribution in [2.24, 2.45) is 0 Å². The van der Waals surface area contributed by atoms with Crippen LogP contribution in [0.2, 0.25) is 0 Å². The van der Waals surface area contributed by atoms with Crippen LogP contribution in [-0.4, -0.2) is 56.3 Å². The van der Waals surface area contributed by atoms with Crippen LogP contribution in [0, 0.1) is 5.82 Å². The van der Waals surface area contributed by atoms with Gasteiger partial charge < -0.3 is 19.7 Å². The molecule has 1 heterocycles. The number of nitrogens with one attached hydrogen (secondary N) is 1. The fourth-order valence-corrected chi connectivity index (χ4v) is 4.65. The van der Waals surface area contributed by atoms with Crippen LogP contribution in [-0.2, 0) is 26.2 Å². The van der Waals surface area contributed by atoms with E-state index in [0.29, 0.717) is 23.5 Å². The van der Waals surface area contributed by atoms with Crippen molar-refractivity contribution in [2.45, 2.75) is 52.7 Å². The van der Waals surface area contributed by atoms with Crippen LogP contribution in [0.25, 0.3) is 0 Å². The summed E-state index contributed by atoms with van der Waals surface area (Å²) in [6.45, 7) is 6.33. The molecule has 196 valence electrons. The van der Waals surface area contributed by atoms with Gasteiger partial charge in [0, 0.05) is 18.7 Å². The summed E-state index contributed by atoms with van der Waals surface area (Å²) in [4.78, 5) is 27.8. The molecular weight excluding hydrogens is 489 g/mol. The largest absolute Gasteiger partial charge is 0.454 e. The quantitative estimate of drug-likeness (QED) is 0.487. The number of halogens is 1. The molecule has 2 amide bonds. The molecule has 0 fully saturated rings. The molecule has 0 saturated heterocycles. The third-order valence-electron chi connectivity index (χ3n) is 6.06. The number of fused-ring (bicyclic) bond motifs is 1. The summed E-state index contributed by atoms with van der Waals surface area (Å²) in [5, 5.41) is 2.86. The molecule has 1 aliphatic heterocycles. The normalized spacial score (nSPS) is 14.1. The summed E-state index contributed by atoms with van der Waals surface area (Å²) >= 11 is 0. The molecule has 0 aliphatic carbocycles. The van der Waals surface area contributed by atoms with Crippen LogP contribution in [0.3, 0.4) is 0 Å². The maximum Gasteiger partial charge on any atom is 0.244 e. The Hall–Kier alpha value is -3.34. The molecular formula is C25H32FN3O6S. The van der Waals surface area contributed by atoms with E-state index < -0.39 is 34.3 Å². The SMILES string of the molecule is CC[C@@H](C)NC(=O)[C@H](C)N(Cc1ccc(F)cc1)C(=O)CN(c1ccc2c(c1)OCO2)S(=O)(=O)CC. The van der Waals surface area contributed by atoms with Gasteiger partial charge in [-0.15, -0.1) is 0 Å². The number of rotatable bonds is 11. The zero-order valence-corrected chi connectivity index (χ0v) is 21.7. The molecule has 0 spiro atoms. The first-order chi connectivity index (χ1) is 17.1. The second-order valence-corrected chi connectivity index (χ2v) is 10.8. The van der Waals surface area contributed by atoms with E-state index in [-0.39, 0.29) is 36.7 Å². The van der Waals surface area contributed by atoms with Crippen LogP contribution in [0.4, 0.5) is 10.1 Å². The first-order valence-electron chi connectivity index (χ1n) is 11.8. The van der Waals surface area contributed by atoms with E-state index in [1.165, 1.54) is 48.2 Å². The van der Waals surface area contributed by atoms with Gasteiger partial charge in [-0.2, -0.15) is 0 Å². The minimum atomic E-state index is -3.87. The van der Waals surface area contributed by atoms with Gasteiger partial charge in [0.05, 0.1) is 11.4 Å². The molecule has 2 aromatic carbocycles. The van der Waals surface area contributed by atoms with Gasteiger partial charge in [0.25, 0.3) is 0 Å². The lowest BCUT2D eigenvalue weighted by Gasteiger charge is -2.32. The van der Waals surface area contributed by atoms with Gasteiger partial charge in [-0.25, -0.2) is 12.8 Å². The van der Waals surface area contributed by atoms with Gasteiger partial charge in [-0.1, -0.05) is 19.1 Å². The summed E-state index contributed by atoms with van der Waals surface area (Å²) in [5.74, 6) is -0.764. The van der Waals surface area contributed by atoms with E-state index in [1.54, 1.807) is 13.0 Å². The number of benzene rings is 2. The van der Waals surface area contributed by atoms with Crippen LogP contribution in [0.5, 0.6) is 11.5 Å². The highest BCUT2D eigenvalue weighted by molar-refractivity contribution is 7.92. The van der Waals surface area contributed by atoms with Gasteiger partial charge in [0.2, 0.25) is 28.6 Å². The molecule has 0 bridgehead atoms. The molecule has 0 radical (unpaired) electrons. The van der Waals surface area contributed by atoms with E-state index in [2.05, 4.69) is 5.32 Å². The average molecular weight is 522 g/mol. The number of hydrogen-bond donors (Lipinski definition) is 1. The third-order valence-corrected chi connectivity index (χ3v) is 7.80. The zero-order valence-electron chi connectivity index (χ0n) is 20.9. The van der Waals surface area contributed by atoms with Crippen molar-refractivity contribution in [1.82, 2.24) is 10.2 Å². The highest BCUT2D eigenvalue weighted by Gasteiger charge is 2.32. The fourth-order valence-electron chi connectivity index (χ4n) is 3.59. The van der Waals surface area contributed by atoms with Crippen LogP contribution >= 0.6 is 0 Å². The van der Waals surface area contributed by atoms with Gasteiger partial charge in [0.1, 0.15) is 18.4 Å². The summed E-state index contributed by atoms with van der Waals surface area (Å²) in [7, 11) is -3.87. The maximum absolute atomic E-state index is 13.6. The molecule has 9 nitrogen and oxygen atoms in total. The Morgan fingerprint density at radius 2 is 1.72 bits per heavy atom. The van der Waals surface area contributed by atoms with Crippen molar-refractivity contribution < 1.29 is 31.9 Å². The monoisotopic (exact) mass is 521 g/mol. The minimum absolute atomic E-state index is 0.00461. The summed E-state index contributed by atoms with van der Waals surface area (Å²) in [5.41, 5.74) is 0.841. The molecule has 11 heteroatoms. The number of sulfonamides is 1. The molecule has 3 rings (SSSR count). The van der Waals surface area contributed by atoms with Crippen molar-refractivity contribution in [1.29, 1.82) is 0 Å². The Bertz CT molecular complexity index is 1190. The van der Waals surface area contributed by atoms with Crippen LogP contribution in [0.15, 0.2) is 42.5 Å². The number of carbonyl (C=O) groups excluding carboxylic acids is 2. The van der Waals surface area contributed by atoms with Gasteiger partial charge in [0.15, 0.2) is 11.5 Å². The van der Waals surface area contributed by atoms with Crippen molar-refractivity contribution in [3.8, 4) is 11.5 Å². The second kappa shape index (κ2) is 11.6. The van der Waals surface area contributed by atoms with Crippen molar-refractivity contribution in [2.75, 3.05) is 23.4 Å². The standard InChI is InChI=1S/C25H32FN3O6S/c1-5-17(3)27-25(31)18(4)28(14-19-7-9-20(26)10-8-19)24(30)15-29(36(32,33)6-2)21-11-12-22-23(13-21)35-16-34-22/h7-13,17-18H,5-6,14-16H2,1-4H3,(H,27,31)/t17-,18+/m1/s1. The van der Waals surface area contributed by atoms with Crippen molar-refractivity contribution >= 4 is 27.5 Å². The third kappa shape index (κ3) is 6.45. The lowest BCUT2D eigenvalue weighted by molar-refractivity contribution is -0.139. The summed E-state index contributed by atoms with van der Waals surface area (Å²) in [6, 6.07) is 9.20. The van der Waals surface area contributed by atoms with E-state index in [9.17, 15) is 22.4 Å². The van der Waals surface area contributed by atoms with E-state index >= 15 is 0 Å². The van der Waals surface area contributed by atoms with Crippen molar-refractivity contribution in [3.05, 3.63) is 53.8 Å². The first kappa shape index (κ1) is 27.3. The van der Waals surface area contributed by atoms with Crippen molar-refractivity contribution in [3.63, 3.8) is 0 Å². The number of amides is 2. The molecule has 0 unspecified atom stereocenters. The Kier molecular flexibility index (Phi) is 8.78. The highest BCUT2D eigenvalue weighted by atomic mass is 32.2. The number of nitrogens with zero attached hydrogens (tertiary/aromatic N) is 2. The first-order valence-corrected chi connectivity index (χ1v) is 13.4. The fraction of sp³-hybridized carbons (Fsp3) is 0.440. The maximum atomic E-state index is 13.6. The lowest BCUT2D eigenvalue weighted by Crippen LogP contribution is -2.52. The van der Waals surface area contributed by atoms with Gasteiger partial charge in [-0.05, 0) is 57.0 Å². The van der Waals surface area contributed by atoms with Crippen LogP contribution in [0.1, 0.15) is 39.7 Å². The number of hydrogen-bond acceptors (Lipinski definition) is 6.